The average molecular weight is 538 g/mol. The molecule has 0 amide bonds. The third-order valence-electron chi connectivity index (χ3n) is 5.63. The quantitative estimate of drug-likeness (QED) is 0.0719. The maximum absolute atomic E-state index is 12.3. The molecule has 0 N–H and O–H groups in total. The smallest absolute Gasteiger partial charge is 0.306 e. The third kappa shape index (κ3) is 23.4. The molecule has 214 valence electrons. The van der Waals surface area contributed by atoms with Crippen LogP contribution in [0.3, 0.4) is 0 Å². The maximum atomic E-state index is 12.3. The standard InChI is InChI=1S/C26H52NO8P/c1-6-8-10-11-12-13-14-15-16-17-19-26(29)35-24(22-32-25(28)18-9-7-2)23-34-36(30,31)33-21-20-27(3,4)5/h24H,6-23H2,1-5H3. The van der Waals surface area contributed by atoms with E-state index in [0.717, 1.165) is 25.7 Å². The van der Waals surface area contributed by atoms with Crippen molar-refractivity contribution in [2.24, 2.45) is 0 Å². The first-order chi connectivity index (χ1) is 17.0. The number of nitrogens with zero attached hydrogens (tertiary/aromatic N) is 1. The van der Waals surface area contributed by atoms with Gasteiger partial charge in [0.2, 0.25) is 0 Å². The highest BCUT2D eigenvalue weighted by Crippen LogP contribution is 2.38. The van der Waals surface area contributed by atoms with Gasteiger partial charge < -0.3 is 27.9 Å². The maximum Gasteiger partial charge on any atom is 0.306 e. The van der Waals surface area contributed by atoms with Gasteiger partial charge in [-0.3, -0.25) is 14.2 Å². The minimum Gasteiger partial charge on any atom is -0.756 e. The summed E-state index contributed by atoms with van der Waals surface area (Å²) in [5.74, 6) is -0.878. The van der Waals surface area contributed by atoms with E-state index >= 15 is 0 Å². The van der Waals surface area contributed by atoms with Crippen molar-refractivity contribution < 1.29 is 42.1 Å². The summed E-state index contributed by atoms with van der Waals surface area (Å²) >= 11 is 0. The molecule has 0 saturated heterocycles. The molecule has 0 aliphatic carbocycles. The van der Waals surface area contributed by atoms with Crippen LogP contribution in [0.25, 0.3) is 0 Å². The molecule has 0 aromatic carbocycles. The summed E-state index contributed by atoms with van der Waals surface area (Å²) in [5, 5.41) is 0. The van der Waals surface area contributed by atoms with Gasteiger partial charge in [-0.25, -0.2) is 0 Å². The summed E-state index contributed by atoms with van der Waals surface area (Å²) in [6.07, 6.45) is 12.5. The minimum absolute atomic E-state index is 0.0283. The summed E-state index contributed by atoms with van der Waals surface area (Å²) in [5.41, 5.74) is 0. The van der Waals surface area contributed by atoms with E-state index in [1.807, 2.05) is 28.1 Å². The molecular formula is C26H52NO8P. The Labute approximate surface area is 219 Å². The van der Waals surface area contributed by atoms with Crippen molar-refractivity contribution in [1.29, 1.82) is 0 Å². The Morgan fingerprint density at radius 1 is 0.750 bits per heavy atom. The Hall–Kier alpha value is -0.990. The highest BCUT2D eigenvalue weighted by Gasteiger charge is 2.21. The molecule has 2 atom stereocenters. The first-order valence-electron chi connectivity index (χ1n) is 13.7. The van der Waals surface area contributed by atoms with Crippen molar-refractivity contribution >= 4 is 19.8 Å². The van der Waals surface area contributed by atoms with Crippen LogP contribution in [0.4, 0.5) is 0 Å². The summed E-state index contributed by atoms with van der Waals surface area (Å²) in [4.78, 5) is 36.3. The second-order valence-corrected chi connectivity index (χ2v) is 11.8. The van der Waals surface area contributed by atoms with E-state index in [1.165, 1.54) is 38.5 Å². The lowest BCUT2D eigenvalue weighted by molar-refractivity contribution is -0.870. The van der Waals surface area contributed by atoms with Gasteiger partial charge >= 0.3 is 11.9 Å². The number of carbonyl (C=O) groups excluding carboxylic acids is 2. The molecule has 0 aromatic heterocycles. The fourth-order valence-corrected chi connectivity index (χ4v) is 4.06. The molecule has 0 radical (unpaired) electrons. The van der Waals surface area contributed by atoms with Gasteiger partial charge in [0.1, 0.15) is 19.8 Å². The van der Waals surface area contributed by atoms with Gasteiger partial charge in [0.15, 0.2) is 6.10 Å². The zero-order valence-corrected chi connectivity index (χ0v) is 24.4. The monoisotopic (exact) mass is 537 g/mol. The molecule has 0 fully saturated rings. The topological polar surface area (TPSA) is 111 Å². The van der Waals surface area contributed by atoms with Crippen LogP contribution in [0.5, 0.6) is 0 Å². The Kier molecular flexibility index (Phi) is 20.4. The SMILES string of the molecule is CCCCCCCCCCCCC(=O)OC(COC(=O)CCCC)COP(=O)([O-])OCC[N+](C)(C)C. The van der Waals surface area contributed by atoms with Crippen molar-refractivity contribution in [2.75, 3.05) is 47.5 Å². The predicted molar refractivity (Wildman–Crippen MR) is 139 cm³/mol. The Bertz CT molecular complexity index is 624. The van der Waals surface area contributed by atoms with E-state index in [0.29, 0.717) is 23.9 Å². The van der Waals surface area contributed by atoms with Gasteiger partial charge in [0.05, 0.1) is 27.7 Å². The summed E-state index contributed by atoms with van der Waals surface area (Å²) in [6.45, 7) is 3.90. The molecule has 0 rings (SSSR count). The number of likely N-dealkylation sites (N-methyl/N-ethyl adjacent to an activating group) is 1. The molecule has 0 aromatic rings. The lowest BCUT2D eigenvalue weighted by atomic mass is 10.1. The molecule has 0 spiro atoms. The van der Waals surface area contributed by atoms with Gasteiger partial charge in [-0.15, -0.1) is 0 Å². The average Bonchev–Trinajstić information content (AvgIpc) is 2.79. The van der Waals surface area contributed by atoms with Crippen LogP contribution in [-0.4, -0.2) is 70.0 Å². The first-order valence-corrected chi connectivity index (χ1v) is 15.2. The number of esters is 2. The second-order valence-electron chi connectivity index (χ2n) is 10.4. The second kappa shape index (κ2) is 21.0. The van der Waals surface area contributed by atoms with Gasteiger partial charge in [-0.2, -0.15) is 0 Å². The number of phosphoric acid groups is 1. The number of carbonyl (C=O) groups is 2. The molecule has 36 heavy (non-hydrogen) atoms. The van der Waals surface area contributed by atoms with E-state index in [9.17, 15) is 19.0 Å². The van der Waals surface area contributed by atoms with Crippen molar-refractivity contribution in [3.05, 3.63) is 0 Å². The van der Waals surface area contributed by atoms with Gasteiger partial charge in [0.25, 0.3) is 7.82 Å². The first kappa shape index (κ1) is 35.0. The number of unbranched alkanes of at least 4 members (excludes halogenated alkanes) is 10. The van der Waals surface area contributed by atoms with E-state index in [4.69, 9.17) is 18.5 Å². The Balaban J connectivity index is 4.44. The molecule has 0 heterocycles. The molecule has 2 unspecified atom stereocenters. The largest absolute Gasteiger partial charge is 0.756 e. The zero-order valence-electron chi connectivity index (χ0n) is 23.5. The van der Waals surface area contributed by atoms with E-state index in [1.54, 1.807) is 0 Å². The normalized spacial score (nSPS) is 14.3. The highest BCUT2D eigenvalue weighted by atomic mass is 31.2. The van der Waals surface area contributed by atoms with Gasteiger partial charge in [-0.1, -0.05) is 78.1 Å². The minimum atomic E-state index is -4.58. The summed E-state index contributed by atoms with van der Waals surface area (Å²) in [7, 11) is 1.16. The van der Waals surface area contributed by atoms with Crippen LogP contribution in [0.1, 0.15) is 104 Å². The van der Waals surface area contributed by atoms with Crippen molar-refractivity contribution in [2.45, 2.75) is 110 Å². The van der Waals surface area contributed by atoms with E-state index in [-0.39, 0.29) is 26.1 Å². The highest BCUT2D eigenvalue weighted by molar-refractivity contribution is 7.45. The molecule has 0 aliphatic heterocycles. The molecule has 10 heteroatoms. The number of ether oxygens (including phenoxy) is 2. The number of hydrogen-bond acceptors (Lipinski definition) is 8. The molecule has 0 bridgehead atoms. The molecule has 0 saturated carbocycles. The third-order valence-corrected chi connectivity index (χ3v) is 6.59. The van der Waals surface area contributed by atoms with Gasteiger partial charge in [0, 0.05) is 12.8 Å². The van der Waals surface area contributed by atoms with Crippen LogP contribution in [0.2, 0.25) is 0 Å². The van der Waals surface area contributed by atoms with Crippen LogP contribution < -0.4 is 4.89 Å². The predicted octanol–water partition coefficient (Wildman–Crippen LogP) is 5.15. The van der Waals surface area contributed by atoms with Crippen LogP contribution >= 0.6 is 7.82 Å². The van der Waals surface area contributed by atoms with Crippen molar-refractivity contribution in [3.63, 3.8) is 0 Å². The lowest BCUT2D eigenvalue weighted by Gasteiger charge is -2.28. The number of phosphoric ester groups is 1. The molecule has 0 aliphatic rings. The number of quaternary nitrogens is 1. The van der Waals surface area contributed by atoms with Crippen molar-refractivity contribution in [3.8, 4) is 0 Å². The fourth-order valence-electron chi connectivity index (χ4n) is 3.34. The molecule has 9 nitrogen and oxygen atoms in total. The summed E-state index contributed by atoms with van der Waals surface area (Å²) < 4.78 is 33.0. The number of rotatable bonds is 24. The van der Waals surface area contributed by atoms with Gasteiger partial charge in [-0.05, 0) is 12.8 Å². The summed E-state index contributed by atoms with van der Waals surface area (Å²) in [6, 6.07) is 0. The Morgan fingerprint density at radius 3 is 1.83 bits per heavy atom. The Morgan fingerprint density at radius 2 is 1.28 bits per heavy atom. The zero-order chi connectivity index (χ0) is 27.3. The van der Waals surface area contributed by atoms with Crippen LogP contribution in [-0.2, 0) is 32.7 Å². The molecular weight excluding hydrogens is 485 g/mol. The van der Waals surface area contributed by atoms with Crippen molar-refractivity contribution in [1.82, 2.24) is 0 Å². The van der Waals surface area contributed by atoms with Crippen LogP contribution in [0.15, 0.2) is 0 Å². The van der Waals surface area contributed by atoms with Crippen LogP contribution in [0, 0.1) is 0 Å². The van der Waals surface area contributed by atoms with E-state index < -0.39 is 32.5 Å². The lowest BCUT2D eigenvalue weighted by Crippen LogP contribution is -2.37. The van der Waals surface area contributed by atoms with E-state index in [2.05, 4.69) is 6.92 Å². The fraction of sp³-hybridized carbons (Fsp3) is 0.923. The number of hydrogen-bond donors (Lipinski definition) is 0.